The van der Waals surface area contributed by atoms with Gasteiger partial charge < -0.3 is 14.8 Å². The smallest absolute Gasteiger partial charge is 0.220 e. The summed E-state index contributed by atoms with van der Waals surface area (Å²) in [4.78, 5) is 12.4. The summed E-state index contributed by atoms with van der Waals surface area (Å²) in [6.07, 6.45) is 3.11. The Morgan fingerprint density at radius 2 is 1.77 bits per heavy atom. The van der Waals surface area contributed by atoms with Crippen LogP contribution in [0.5, 0.6) is 5.75 Å². The number of rotatable bonds is 7. The zero-order chi connectivity index (χ0) is 18.2. The summed E-state index contributed by atoms with van der Waals surface area (Å²) >= 11 is 0. The van der Waals surface area contributed by atoms with E-state index in [2.05, 4.69) is 29.6 Å². The predicted octanol–water partition coefficient (Wildman–Crippen LogP) is 3.49. The Morgan fingerprint density at radius 1 is 1.08 bits per heavy atom. The molecule has 0 atom stereocenters. The molecule has 0 saturated carbocycles. The lowest BCUT2D eigenvalue weighted by Gasteiger charge is -2.38. The van der Waals surface area contributed by atoms with Crippen molar-refractivity contribution < 1.29 is 14.3 Å². The summed E-state index contributed by atoms with van der Waals surface area (Å²) in [6.45, 7) is 2.11. The molecule has 1 aliphatic heterocycles. The molecular formula is C22H27NO3. The molecule has 4 nitrogen and oxygen atoms in total. The quantitative estimate of drug-likeness (QED) is 0.829. The summed E-state index contributed by atoms with van der Waals surface area (Å²) in [6, 6.07) is 18.3. The summed E-state index contributed by atoms with van der Waals surface area (Å²) in [5.74, 6) is 0.955. The predicted molar refractivity (Wildman–Crippen MR) is 102 cm³/mol. The van der Waals surface area contributed by atoms with Gasteiger partial charge in [-0.25, -0.2) is 0 Å². The Hall–Kier alpha value is -2.33. The van der Waals surface area contributed by atoms with Crippen LogP contribution in [0.15, 0.2) is 54.6 Å². The molecule has 0 radical (unpaired) electrons. The maximum atomic E-state index is 12.4. The van der Waals surface area contributed by atoms with E-state index in [1.54, 1.807) is 7.11 Å². The molecule has 3 rings (SSSR count). The number of carbonyl (C=O) groups excluding carboxylic acids is 1. The van der Waals surface area contributed by atoms with Crippen LogP contribution in [0, 0.1) is 0 Å². The van der Waals surface area contributed by atoms with Gasteiger partial charge in [0.2, 0.25) is 5.91 Å². The van der Waals surface area contributed by atoms with Crippen LogP contribution >= 0.6 is 0 Å². The average molecular weight is 353 g/mol. The maximum absolute atomic E-state index is 12.4. The second kappa shape index (κ2) is 8.86. The Labute approximate surface area is 155 Å². The summed E-state index contributed by atoms with van der Waals surface area (Å²) in [5.41, 5.74) is 2.37. The van der Waals surface area contributed by atoms with Gasteiger partial charge in [-0.1, -0.05) is 42.5 Å². The zero-order valence-corrected chi connectivity index (χ0v) is 15.4. The van der Waals surface area contributed by atoms with Gasteiger partial charge in [0, 0.05) is 31.6 Å². The van der Waals surface area contributed by atoms with E-state index in [1.807, 2.05) is 30.3 Å². The second-order valence-electron chi connectivity index (χ2n) is 6.88. The number of methoxy groups -OCH3 is 1. The molecular weight excluding hydrogens is 326 g/mol. The highest BCUT2D eigenvalue weighted by atomic mass is 16.5. The number of nitrogens with one attached hydrogen (secondary N) is 1. The topological polar surface area (TPSA) is 47.6 Å². The van der Waals surface area contributed by atoms with E-state index in [-0.39, 0.29) is 11.3 Å². The van der Waals surface area contributed by atoms with Crippen LogP contribution in [0.2, 0.25) is 0 Å². The van der Waals surface area contributed by atoms with Crippen molar-refractivity contribution in [3.8, 4) is 5.75 Å². The number of ether oxygens (including phenoxy) is 2. The largest absolute Gasteiger partial charge is 0.497 e. The fourth-order valence-electron chi connectivity index (χ4n) is 3.53. The Bertz CT molecular complexity index is 691. The van der Waals surface area contributed by atoms with Crippen molar-refractivity contribution in [1.82, 2.24) is 5.32 Å². The summed E-state index contributed by atoms with van der Waals surface area (Å²) in [7, 11) is 1.67. The van der Waals surface area contributed by atoms with Gasteiger partial charge in [-0.2, -0.15) is 0 Å². The maximum Gasteiger partial charge on any atom is 0.220 e. The molecule has 1 heterocycles. The molecule has 1 saturated heterocycles. The number of carbonyl (C=O) groups is 1. The van der Waals surface area contributed by atoms with E-state index in [0.717, 1.165) is 38.2 Å². The fourth-order valence-corrected chi connectivity index (χ4v) is 3.53. The van der Waals surface area contributed by atoms with Crippen molar-refractivity contribution in [2.75, 3.05) is 26.9 Å². The van der Waals surface area contributed by atoms with E-state index >= 15 is 0 Å². The molecule has 1 fully saturated rings. The summed E-state index contributed by atoms with van der Waals surface area (Å²) in [5, 5.41) is 3.16. The zero-order valence-electron chi connectivity index (χ0n) is 15.4. The molecule has 2 aromatic rings. The first-order chi connectivity index (χ1) is 12.7. The number of benzene rings is 2. The third kappa shape index (κ3) is 4.64. The highest BCUT2D eigenvalue weighted by Crippen LogP contribution is 2.35. The van der Waals surface area contributed by atoms with Gasteiger partial charge in [0.05, 0.1) is 7.11 Å². The van der Waals surface area contributed by atoms with E-state index in [4.69, 9.17) is 9.47 Å². The fraction of sp³-hybridized carbons (Fsp3) is 0.409. The molecule has 1 N–H and O–H groups in total. The van der Waals surface area contributed by atoms with E-state index in [0.29, 0.717) is 13.0 Å². The van der Waals surface area contributed by atoms with Gasteiger partial charge in [-0.3, -0.25) is 4.79 Å². The molecule has 26 heavy (non-hydrogen) atoms. The minimum Gasteiger partial charge on any atom is -0.497 e. The Morgan fingerprint density at radius 3 is 2.42 bits per heavy atom. The van der Waals surface area contributed by atoms with Gasteiger partial charge in [0.1, 0.15) is 5.75 Å². The second-order valence-corrected chi connectivity index (χ2v) is 6.88. The highest BCUT2D eigenvalue weighted by molar-refractivity contribution is 5.76. The SMILES string of the molecule is COc1ccc(C2(CNC(=O)CCc3ccccc3)CCOCC2)cc1. The number of hydrogen-bond acceptors (Lipinski definition) is 3. The van der Waals surface area contributed by atoms with E-state index in [1.165, 1.54) is 11.1 Å². The van der Waals surface area contributed by atoms with Crippen molar-refractivity contribution in [2.24, 2.45) is 0 Å². The van der Waals surface area contributed by atoms with Gasteiger partial charge in [0.25, 0.3) is 0 Å². The lowest BCUT2D eigenvalue weighted by Crippen LogP contribution is -2.44. The van der Waals surface area contributed by atoms with Crippen molar-refractivity contribution in [3.05, 3.63) is 65.7 Å². The molecule has 1 amide bonds. The van der Waals surface area contributed by atoms with Crippen molar-refractivity contribution in [1.29, 1.82) is 0 Å². The third-order valence-electron chi connectivity index (χ3n) is 5.26. The first-order valence-electron chi connectivity index (χ1n) is 9.25. The van der Waals surface area contributed by atoms with Crippen LogP contribution in [0.1, 0.15) is 30.4 Å². The van der Waals surface area contributed by atoms with Crippen LogP contribution in [0.25, 0.3) is 0 Å². The summed E-state index contributed by atoms with van der Waals surface area (Å²) < 4.78 is 10.8. The number of hydrogen-bond donors (Lipinski definition) is 1. The van der Waals surface area contributed by atoms with E-state index in [9.17, 15) is 4.79 Å². The van der Waals surface area contributed by atoms with Crippen LogP contribution in [0.4, 0.5) is 0 Å². The lowest BCUT2D eigenvalue weighted by molar-refractivity contribution is -0.121. The molecule has 0 unspecified atom stereocenters. The van der Waals surface area contributed by atoms with Crippen molar-refractivity contribution >= 4 is 5.91 Å². The molecule has 0 aromatic heterocycles. The Balaban J connectivity index is 1.61. The van der Waals surface area contributed by atoms with Gasteiger partial charge in [-0.15, -0.1) is 0 Å². The Kier molecular flexibility index (Phi) is 6.29. The van der Waals surface area contributed by atoms with Crippen molar-refractivity contribution in [2.45, 2.75) is 31.1 Å². The molecule has 1 aliphatic rings. The highest BCUT2D eigenvalue weighted by Gasteiger charge is 2.34. The number of amides is 1. The molecule has 0 aliphatic carbocycles. The molecule has 4 heteroatoms. The monoisotopic (exact) mass is 353 g/mol. The molecule has 138 valence electrons. The molecule has 0 bridgehead atoms. The van der Waals surface area contributed by atoms with Crippen LogP contribution in [-0.4, -0.2) is 32.8 Å². The minimum atomic E-state index is -0.0626. The lowest BCUT2D eigenvalue weighted by atomic mass is 9.74. The van der Waals surface area contributed by atoms with Crippen molar-refractivity contribution in [3.63, 3.8) is 0 Å². The number of aryl methyl sites for hydroxylation is 1. The van der Waals surface area contributed by atoms with Crippen LogP contribution < -0.4 is 10.1 Å². The standard InChI is InChI=1S/C22H27NO3/c1-25-20-10-8-19(9-11-20)22(13-15-26-16-14-22)17-23-21(24)12-7-18-5-3-2-4-6-18/h2-6,8-11H,7,12-17H2,1H3,(H,23,24). The van der Waals surface area contributed by atoms with Gasteiger partial charge >= 0.3 is 0 Å². The van der Waals surface area contributed by atoms with Crippen LogP contribution in [-0.2, 0) is 21.4 Å². The van der Waals surface area contributed by atoms with Gasteiger partial charge in [-0.05, 0) is 42.5 Å². The third-order valence-corrected chi connectivity index (χ3v) is 5.26. The van der Waals surface area contributed by atoms with Crippen LogP contribution in [0.3, 0.4) is 0 Å². The van der Waals surface area contributed by atoms with Gasteiger partial charge in [0.15, 0.2) is 0 Å². The molecule has 0 spiro atoms. The molecule has 2 aromatic carbocycles. The average Bonchev–Trinajstić information content (AvgIpc) is 2.72. The first-order valence-corrected chi connectivity index (χ1v) is 9.25. The van der Waals surface area contributed by atoms with E-state index < -0.39 is 0 Å². The minimum absolute atomic E-state index is 0.0626. The first kappa shape index (κ1) is 18.5. The normalized spacial score (nSPS) is 16.0.